The summed E-state index contributed by atoms with van der Waals surface area (Å²) in [5, 5.41) is 11.1. The average Bonchev–Trinajstić information content (AvgIpc) is 3.41. The number of fused-ring (bicyclic) bond motifs is 1. The fourth-order valence-electron chi connectivity index (χ4n) is 3.76. The maximum absolute atomic E-state index is 13.7. The van der Waals surface area contributed by atoms with E-state index in [1.165, 1.54) is 0 Å². The van der Waals surface area contributed by atoms with Crippen LogP contribution in [0.3, 0.4) is 0 Å². The number of aliphatic imine (C=N–C) groups is 1. The van der Waals surface area contributed by atoms with Crippen molar-refractivity contribution < 1.29 is 22.4 Å². The summed E-state index contributed by atoms with van der Waals surface area (Å²) in [6.07, 6.45) is -2.55. The highest BCUT2D eigenvalue weighted by Gasteiger charge is 2.35. The molecule has 0 saturated carbocycles. The van der Waals surface area contributed by atoms with Gasteiger partial charge in [-0.3, -0.25) is 9.89 Å². The SMILES string of the molecule is CN(C)CCCNC1=NC(=O)C(=C(Cc2ccc(F)cc2C(F)(F)F)c2ccc3[nH]ncc3c2)S1. The van der Waals surface area contributed by atoms with E-state index in [2.05, 4.69) is 20.5 Å². The zero-order valence-electron chi connectivity index (χ0n) is 19.0. The average molecular weight is 506 g/mol. The largest absolute Gasteiger partial charge is 0.416 e. The van der Waals surface area contributed by atoms with Gasteiger partial charge in [-0.1, -0.05) is 12.1 Å². The molecular formula is C24H23F4N5OS. The first kappa shape index (κ1) is 24.9. The van der Waals surface area contributed by atoms with Crippen molar-refractivity contribution in [2.45, 2.75) is 19.0 Å². The van der Waals surface area contributed by atoms with Gasteiger partial charge in [-0.15, -0.1) is 0 Å². The van der Waals surface area contributed by atoms with Gasteiger partial charge in [-0.25, -0.2) is 4.39 Å². The summed E-state index contributed by atoms with van der Waals surface area (Å²) in [7, 11) is 3.92. The van der Waals surface area contributed by atoms with Crippen molar-refractivity contribution in [1.29, 1.82) is 0 Å². The lowest BCUT2D eigenvalue weighted by molar-refractivity contribution is -0.138. The zero-order valence-corrected chi connectivity index (χ0v) is 19.9. The lowest BCUT2D eigenvalue weighted by Gasteiger charge is -2.16. The summed E-state index contributed by atoms with van der Waals surface area (Å²) < 4.78 is 54.7. The van der Waals surface area contributed by atoms with Gasteiger partial charge in [0.1, 0.15) is 5.82 Å². The summed E-state index contributed by atoms with van der Waals surface area (Å²) in [4.78, 5) is 19.2. The number of carbonyl (C=O) groups is 1. The number of amidine groups is 1. The molecule has 0 unspecified atom stereocenters. The Morgan fingerprint density at radius 2 is 1.97 bits per heavy atom. The normalized spacial score (nSPS) is 15.7. The van der Waals surface area contributed by atoms with Crippen LogP contribution in [0.2, 0.25) is 0 Å². The van der Waals surface area contributed by atoms with Crippen LogP contribution in [0.25, 0.3) is 16.5 Å². The standard InChI is InChI=1S/C24H23F4N5OS/c1-33(2)9-3-8-29-23-31-22(34)21(35-23)18(14-5-7-20-16(10-14)13-30-32-20)11-15-4-6-17(25)12-19(15)24(26,27)28/h4-7,10,12-13H,3,8-9,11H2,1-2H3,(H,30,32)(H,29,31,34). The van der Waals surface area contributed by atoms with Crippen LogP contribution in [-0.4, -0.2) is 53.4 Å². The molecule has 3 aromatic rings. The predicted molar refractivity (Wildman–Crippen MR) is 129 cm³/mol. The third kappa shape index (κ3) is 5.91. The Morgan fingerprint density at radius 1 is 1.17 bits per heavy atom. The lowest BCUT2D eigenvalue weighted by atomic mass is 9.93. The van der Waals surface area contributed by atoms with Crippen LogP contribution >= 0.6 is 11.8 Å². The molecule has 184 valence electrons. The Morgan fingerprint density at radius 3 is 2.71 bits per heavy atom. The van der Waals surface area contributed by atoms with Gasteiger partial charge in [0.15, 0.2) is 5.17 Å². The van der Waals surface area contributed by atoms with E-state index in [1.807, 2.05) is 19.0 Å². The first-order valence-electron chi connectivity index (χ1n) is 10.8. The highest BCUT2D eigenvalue weighted by Crippen LogP contribution is 2.39. The molecule has 0 radical (unpaired) electrons. The molecule has 0 spiro atoms. The second-order valence-electron chi connectivity index (χ2n) is 8.36. The summed E-state index contributed by atoms with van der Waals surface area (Å²) in [5.74, 6) is -1.50. The van der Waals surface area contributed by atoms with Crippen LogP contribution in [0.5, 0.6) is 0 Å². The second-order valence-corrected chi connectivity index (χ2v) is 9.36. The highest BCUT2D eigenvalue weighted by atomic mass is 32.2. The van der Waals surface area contributed by atoms with Gasteiger partial charge in [0.25, 0.3) is 5.91 Å². The Hall–Kier alpha value is -3.18. The number of allylic oxidation sites excluding steroid dienone is 1. The van der Waals surface area contributed by atoms with Crippen molar-refractivity contribution >= 4 is 39.3 Å². The minimum atomic E-state index is -4.75. The molecule has 2 heterocycles. The van der Waals surface area contributed by atoms with Gasteiger partial charge in [0, 0.05) is 11.9 Å². The molecule has 1 aliphatic heterocycles. The summed E-state index contributed by atoms with van der Waals surface area (Å²) >= 11 is 1.10. The third-order valence-electron chi connectivity index (χ3n) is 5.46. The number of aromatic amines is 1. The van der Waals surface area contributed by atoms with Crippen LogP contribution in [0.4, 0.5) is 17.6 Å². The maximum Gasteiger partial charge on any atom is 0.416 e. The molecule has 0 fully saturated rings. The monoisotopic (exact) mass is 505 g/mol. The number of halogens is 4. The van der Waals surface area contributed by atoms with Crippen LogP contribution in [0, 0.1) is 5.82 Å². The Balaban J connectivity index is 1.71. The third-order valence-corrected chi connectivity index (χ3v) is 6.52. The molecule has 1 aromatic heterocycles. The van der Waals surface area contributed by atoms with E-state index in [0.717, 1.165) is 47.8 Å². The van der Waals surface area contributed by atoms with E-state index in [9.17, 15) is 22.4 Å². The summed E-state index contributed by atoms with van der Waals surface area (Å²) in [5.41, 5.74) is 0.499. The fourth-order valence-corrected chi connectivity index (χ4v) is 4.71. The minimum Gasteiger partial charge on any atom is -0.364 e. The number of benzene rings is 2. The maximum atomic E-state index is 13.7. The van der Waals surface area contributed by atoms with Crippen molar-refractivity contribution in [2.24, 2.45) is 4.99 Å². The smallest absolute Gasteiger partial charge is 0.364 e. The molecule has 1 aliphatic rings. The number of nitrogens with zero attached hydrogens (tertiary/aromatic N) is 3. The highest BCUT2D eigenvalue weighted by molar-refractivity contribution is 8.18. The molecule has 6 nitrogen and oxygen atoms in total. The number of H-pyrrole nitrogens is 1. The molecule has 35 heavy (non-hydrogen) atoms. The van der Waals surface area contributed by atoms with Gasteiger partial charge in [0.2, 0.25) is 0 Å². The number of hydrogen-bond donors (Lipinski definition) is 2. The number of carbonyl (C=O) groups excluding carboxylic acids is 1. The van der Waals surface area contributed by atoms with Crippen LogP contribution in [-0.2, 0) is 17.4 Å². The Bertz CT molecular complexity index is 1310. The van der Waals surface area contributed by atoms with Gasteiger partial charge in [0.05, 0.1) is 22.2 Å². The van der Waals surface area contributed by atoms with Crippen molar-refractivity contribution in [2.75, 3.05) is 27.2 Å². The lowest BCUT2D eigenvalue weighted by Crippen LogP contribution is -2.24. The second kappa shape index (κ2) is 10.2. The molecule has 0 aliphatic carbocycles. The quantitative estimate of drug-likeness (QED) is 0.273. The van der Waals surface area contributed by atoms with Crippen LogP contribution < -0.4 is 5.32 Å². The molecule has 4 rings (SSSR count). The molecule has 0 bridgehead atoms. The van der Waals surface area contributed by atoms with E-state index in [-0.39, 0.29) is 16.9 Å². The van der Waals surface area contributed by atoms with Crippen molar-refractivity contribution in [1.82, 2.24) is 20.4 Å². The van der Waals surface area contributed by atoms with Crippen LogP contribution in [0.15, 0.2) is 52.5 Å². The van der Waals surface area contributed by atoms with Crippen LogP contribution in [0.1, 0.15) is 23.1 Å². The molecular weight excluding hydrogens is 482 g/mol. The minimum absolute atomic E-state index is 0.130. The van der Waals surface area contributed by atoms with E-state index in [0.29, 0.717) is 28.9 Å². The summed E-state index contributed by atoms with van der Waals surface area (Å²) in [6.45, 7) is 1.44. The summed E-state index contributed by atoms with van der Waals surface area (Å²) in [6, 6.07) is 7.81. The number of rotatable bonds is 7. The Kier molecular flexibility index (Phi) is 7.27. The first-order valence-corrected chi connectivity index (χ1v) is 11.6. The Labute approximate surface area is 203 Å². The van der Waals surface area contributed by atoms with Gasteiger partial charge in [-0.05, 0) is 86.2 Å². The number of aromatic nitrogens is 2. The molecule has 2 N–H and O–H groups in total. The number of hydrogen-bond acceptors (Lipinski definition) is 5. The van der Waals surface area contributed by atoms with E-state index >= 15 is 0 Å². The van der Waals surface area contributed by atoms with Crippen molar-refractivity contribution in [3.63, 3.8) is 0 Å². The number of amides is 1. The predicted octanol–water partition coefficient (Wildman–Crippen LogP) is 4.85. The van der Waals surface area contributed by atoms with E-state index < -0.39 is 23.5 Å². The number of thioether (sulfide) groups is 1. The zero-order chi connectivity index (χ0) is 25.2. The topological polar surface area (TPSA) is 73.4 Å². The first-order chi connectivity index (χ1) is 16.6. The fraction of sp³-hybridized carbons (Fsp3) is 0.292. The molecule has 11 heteroatoms. The van der Waals surface area contributed by atoms with E-state index in [4.69, 9.17) is 0 Å². The molecule has 0 saturated heterocycles. The number of nitrogens with one attached hydrogen (secondary N) is 2. The molecule has 1 amide bonds. The van der Waals surface area contributed by atoms with E-state index in [1.54, 1.807) is 24.4 Å². The van der Waals surface area contributed by atoms with Crippen molar-refractivity contribution in [3.8, 4) is 0 Å². The number of alkyl halides is 3. The van der Waals surface area contributed by atoms with Gasteiger partial charge in [-0.2, -0.15) is 23.3 Å². The van der Waals surface area contributed by atoms with Crippen molar-refractivity contribution in [3.05, 3.63) is 70.0 Å². The molecule has 2 aromatic carbocycles. The van der Waals surface area contributed by atoms with Gasteiger partial charge >= 0.3 is 6.18 Å². The van der Waals surface area contributed by atoms with Gasteiger partial charge < -0.3 is 10.2 Å². The molecule has 0 atom stereocenters.